The Labute approximate surface area is 62.0 Å². The summed E-state index contributed by atoms with van der Waals surface area (Å²) in [5.74, 6) is 0. The van der Waals surface area contributed by atoms with Gasteiger partial charge in [0.2, 0.25) is 0 Å². The fourth-order valence-electron chi connectivity index (χ4n) is 1.02. The van der Waals surface area contributed by atoms with Crippen molar-refractivity contribution in [1.29, 1.82) is 0 Å². The van der Waals surface area contributed by atoms with Crippen molar-refractivity contribution < 1.29 is 0 Å². The molecule has 0 atom stereocenters. The van der Waals surface area contributed by atoms with Gasteiger partial charge in [0.05, 0.1) is 0 Å². The number of nitrogens with one attached hydrogen (secondary N) is 2. The van der Waals surface area contributed by atoms with Gasteiger partial charge in [0.15, 0.2) is 0 Å². The van der Waals surface area contributed by atoms with E-state index in [-0.39, 0.29) is 0 Å². The van der Waals surface area contributed by atoms with Crippen LogP contribution in [0.25, 0.3) is 0 Å². The van der Waals surface area contributed by atoms with Crippen LogP contribution in [0.5, 0.6) is 0 Å². The normalized spacial score (nSPS) is 18.7. The van der Waals surface area contributed by atoms with Crippen LogP contribution in [0.4, 0.5) is 0 Å². The van der Waals surface area contributed by atoms with Crippen LogP contribution in [0.1, 0.15) is 27.7 Å². The Morgan fingerprint density at radius 2 is 1.90 bits per heavy atom. The van der Waals surface area contributed by atoms with Crippen LogP contribution < -0.4 is 11.0 Å². The molecule has 1 rings (SSSR count). The first-order valence-electron chi connectivity index (χ1n) is 3.61. The summed E-state index contributed by atoms with van der Waals surface area (Å²) < 4.78 is 0. The number of allylic oxidation sites excluding steroid dienone is 2. The minimum atomic E-state index is 0.505. The Kier molecular flexibility index (Phi) is 1.85. The van der Waals surface area contributed by atoms with Gasteiger partial charge in [0, 0.05) is 17.4 Å². The molecule has 0 fully saturated rings. The monoisotopic (exact) mass is 141 g/mol. The molecular formula is C7H15N3. The Bertz CT molecular complexity index is 160. The summed E-state index contributed by atoms with van der Waals surface area (Å²) in [6.45, 7) is 8.46. The predicted molar refractivity (Wildman–Crippen MR) is 41.6 cm³/mol. The molecule has 0 saturated carbocycles. The van der Waals surface area contributed by atoms with E-state index in [0.717, 1.165) is 0 Å². The lowest BCUT2D eigenvalue weighted by Crippen LogP contribution is -2.41. The smallest absolute Gasteiger partial charge is 0.0484 e. The van der Waals surface area contributed by atoms with Crippen molar-refractivity contribution in [3.05, 3.63) is 11.4 Å². The van der Waals surface area contributed by atoms with Gasteiger partial charge >= 0.3 is 0 Å². The second kappa shape index (κ2) is 2.50. The third kappa shape index (κ3) is 1.09. The molecule has 0 saturated heterocycles. The maximum Gasteiger partial charge on any atom is 0.0484 e. The lowest BCUT2D eigenvalue weighted by atomic mass is 10.3. The Morgan fingerprint density at radius 3 is 2.10 bits per heavy atom. The van der Waals surface area contributed by atoms with Crippen molar-refractivity contribution in [2.75, 3.05) is 0 Å². The molecule has 0 amide bonds. The molecule has 0 aromatic rings. The molecule has 3 heteroatoms. The Morgan fingerprint density at radius 1 is 1.30 bits per heavy atom. The zero-order valence-corrected chi connectivity index (χ0v) is 7.02. The van der Waals surface area contributed by atoms with Crippen LogP contribution in [-0.4, -0.2) is 11.1 Å². The highest BCUT2D eigenvalue weighted by Crippen LogP contribution is 2.12. The maximum absolute atomic E-state index is 3.06. The van der Waals surface area contributed by atoms with Gasteiger partial charge in [-0.15, -0.1) is 5.53 Å². The molecule has 0 aliphatic carbocycles. The van der Waals surface area contributed by atoms with Crippen molar-refractivity contribution >= 4 is 0 Å². The van der Waals surface area contributed by atoms with Gasteiger partial charge in [0.1, 0.15) is 0 Å². The highest BCUT2D eigenvalue weighted by Gasteiger charge is 2.16. The van der Waals surface area contributed by atoms with E-state index in [2.05, 4.69) is 43.7 Å². The highest BCUT2D eigenvalue weighted by atomic mass is 15.7. The lowest BCUT2D eigenvalue weighted by molar-refractivity contribution is 0.202. The first kappa shape index (κ1) is 7.41. The number of rotatable bonds is 1. The Hall–Kier alpha value is -0.700. The second-order valence-corrected chi connectivity index (χ2v) is 2.91. The van der Waals surface area contributed by atoms with Crippen molar-refractivity contribution in [2.24, 2.45) is 0 Å². The van der Waals surface area contributed by atoms with E-state index in [1.54, 1.807) is 0 Å². The molecule has 58 valence electrons. The summed E-state index contributed by atoms with van der Waals surface area (Å²) in [5, 5.41) is 2.11. The van der Waals surface area contributed by atoms with E-state index >= 15 is 0 Å². The van der Waals surface area contributed by atoms with Crippen LogP contribution in [0, 0.1) is 0 Å². The van der Waals surface area contributed by atoms with Gasteiger partial charge in [0.25, 0.3) is 0 Å². The quantitative estimate of drug-likeness (QED) is 0.570. The molecule has 0 aromatic heterocycles. The molecule has 0 unspecified atom stereocenters. The molecule has 1 heterocycles. The molecule has 10 heavy (non-hydrogen) atoms. The van der Waals surface area contributed by atoms with Gasteiger partial charge in [-0.25, -0.2) is 0 Å². The van der Waals surface area contributed by atoms with Crippen LogP contribution in [0.3, 0.4) is 0 Å². The Balaban J connectivity index is 2.68. The molecule has 1 aliphatic heterocycles. The highest BCUT2D eigenvalue weighted by molar-refractivity contribution is 5.09. The van der Waals surface area contributed by atoms with Crippen LogP contribution in [0.2, 0.25) is 0 Å². The number of nitrogens with zero attached hydrogens (tertiary/aromatic N) is 1. The topological polar surface area (TPSA) is 27.3 Å². The van der Waals surface area contributed by atoms with E-state index in [1.165, 1.54) is 11.4 Å². The van der Waals surface area contributed by atoms with E-state index in [1.807, 2.05) is 0 Å². The van der Waals surface area contributed by atoms with Crippen LogP contribution >= 0.6 is 0 Å². The van der Waals surface area contributed by atoms with Gasteiger partial charge in [-0.2, -0.15) is 0 Å². The standard InChI is InChI=1S/C7H15N3/c1-5(2)10-7(4)6(3)8-9-10/h5,8-9H,1-4H3. The van der Waals surface area contributed by atoms with Gasteiger partial charge in [-0.05, 0) is 27.7 Å². The molecule has 0 aromatic carbocycles. The van der Waals surface area contributed by atoms with Crippen LogP contribution in [-0.2, 0) is 0 Å². The summed E-state index contributed by atoms with van der Waals surface area (Å²) in [6, 6.07) is 0.505. The fraction of sp³-hybridized carbons (Fsp3) is 0.714. The zero-order chi connectivity index (χ0) is 7.72. The number of hydrazine groups is 2. The maximum atomic E-state index is 3.06. The molecule has 0 radical (unpaired) electrons. The first-order chi connectivity index (χ1) is 4.63. The van der Waals surface area contributed by atoms with Crippen LogP contribution in [0.15, 0.2) is 11.4 Å². The van der Waals surface area contributed by atoms with Gasteiger partial charge in [-0.3, -0.25) is 5.01 Å². The van der Waals surface area contributed by atoms with E-state index in [9.17, 15) is 0 Å². The third-order valence-corrected chi connectivity index (χ3v) is 1.78. The number of hydrogen-bond acceptors (Lipinski definition) is 3. The largest absolute Gasteiger partial charge is 0.306 e. The van der Waals surface area contributed by atoms with Crippen molar-refractivity contribution in [3.63, 3.8) is 0 Å². The summed E-state index contributed by atoms with van der Waals surface area (Å²) in [5.41, 5.74) is 8.60. The van der Waals surface area contributed by atoms with E-state index in [4.69, 9.17) is 0 Å². The lowest BCUT2D eigenvalue weighted by Gasteiger charge is -2.22. The summed E-state index contributed by atoms with van der Waals surface area (Å²) in [7, 11) is 0. The first-order valence-corrected chi connectivity index (χ1v) is 3.61. The average molecular weight is 141 g/mol. The molecule has 0 bridgehead atoms. The summed E-state index contributed by atoms with van der Waals surface area (Å²) in [6.07, 6.45) is 0. The van der Waals surface area contributed by atoms with Crippen molar-refractivity contribution in [2.45, 2.75) is 33.7 Å². The molecular weight excluding hydrogens is 126 g/mol. The minimum Gasteiger partial charge on any atom is -0.306 e. The SMILES string of the molecule is CC1=C(C)N(C(C)C)NN1. The number of hydrogen-bond donors (Lipinski definition) is 2. The molecule has 3 nitrogen and oxygen atoms in total. The van der Waals surface area contributed by atoms with E-state index < -0.39 is 0 Å². The molecule has 2 N–H and O–H groups in total. The third-order valence-electron chi connectivity index (χ3n) is 1.78. The molecule has 1 aliphatic rings. The molecule has 0 spiro atoms. The minimum absolute atomic E-state index is 0.505. The van der Waals surface area contributed by atoms with Crippen molar-refractivity contribution in [1.82, 2.24) is 16.0 Å². The fourth-order valence-corrected chi connectivity index (χ4v) is 1.02. The van der Waals surface area contributed by atoms with Gasteiger partial charge in [-0.1, -0.05) is 0 Å². The van der Waals surface area contributed by atoms with Gasteiger partial charge < -0.3 is 5.43 Å². The average Bonchev–Trinajstić information content (AvgIpc) is 2.14. The predicted octanol–water partition coefficient (Wildman–Crippen LogP) is 0.971. The summed E-state index contributed by atoms with van der Waals surface area (Å²) >= 11 is 0. The zero-order valence-electron chi connectivity index (χ0n) is 7.02. The van der Waals surface area contributed by atoms with Crippen molar-refractivity contribution in [3.8, 4) is 0 Å². The summed E-state index contributed by atoms with van der Waals surface area (Å²) in [4.78, 5) is 0. The van der Waals surface area contributed by atoms with E-state index in [0.29, 0.717) is 6.04 Å². The second-order valence-electron chi connectivity index (χ2n) is 2.91.